The van der Waals surface area contributed by atoms with E-state index in [1.54, 1.807) is 6.20 Å². The van der Waals surface area contributed by atoms with Crippen molar-refractivity contribution in [3.8, 4) is 0 Å². The Bertz CT molecular complexity index is 866. The number of carbonyl (C=O) groups excluding carboxylic acids is 2. The van der Waals surface area contributed by atoms with Gasteiger partial charge >= 0.3 is 0 Å². The first kappa shape index (κ1) is 18.9. The quantitative estimate of drug-likeness (QED) is 0.730. The van der Waals surface area contributed by atoms with E-state index in [-0.39, 0.29) is 24.7 Å². The van der Waals surface area contributed by atoms with Crippen LogP contribution < -0.4 is 9.80 Å². The van der Waals surface area contributed by atoms with Gasteiger partial charge in [-0.05, 0) is 36.2 Å². The second-order valence-electron chi connectivity index (χ2n) is 7.12. The van der Waals surface area contributed by atoms with Gasteiger partial charge in [0.05, 0.1) is 0 Å². The smallest absolute Gasteiger partial charge is 0.227 e. The van der Waals surface area contributed by atoms with Crippen molar-refractivity contribution in [1.82, 2.24) is 9.88 Å². The fourth-order valence-corrected chi connectivity index (χ4v) is 4.19. The van der Waals surface area contributed by atoms with E-state index in [1.807, 2.05) is 40.1 Å². The van der Waals surface area contributed by atoms with E-state index < -0.39 is 0 Å². The molecule has 0 atom stereocenters. The molecule has 0 radical (unpaired) electrons. The summed E-state index contributed by atoms with van der Waals surface area (Å²) in [6.45, 7) is 3.57. The van der Waals surface area contributed by atoms with Crippen LogP contribution in [0.5, 0.6) is 0 Å². The Balaban J connectivity index is 1.28. The lowest BCUT2D eigenvalue weighted by atomic mass is 10.2. The first-order valence-corrected chi connectivity index (χ1v) is 10.4. The summed E-state index contributed by atoms with van der Waals surface area (Å²) in [5.74, 6) is 1.03. The highest BCUT2D eigenvalue weighted by atomic mass is 79.9. The van der Waals surface area contributed by atoms with Crippen LogP contribution in [0.2, 0.25) is 0 Å². The maximum Gasteiger partial charge on any atom is 0.227 e. The molecule has 1 aromatic carbocycles. The minimum Gasteiger partial charge on any atom is -0.353 e. The zero-order chi connectivity index (χ0) is 19.5. The van der Waals surface area contributed by atoms with Crippen LogP contribution in [-0.2, 0) is 16.0 Å². The summed E-state index contributed by atoms with van der Waals surface area (Å²) in [6.07, 6.45) is 3.18. The third-order valence-corrected chi connectivity index (χ3v) is 5.90. The van der Waals surface area contributed by atoms with Gasteiger partial charge in [0.2, 0.25) is 11.8 Å². The Morgan fingerprint density at radius 3 is 2.50 bits per heavy atom. The summed E-state index contributed by atoms with van der Waals surface area (Å²) in [5, 5.41) is 0. The van der Waals surface area contributed by atoms with E-state index in [0.717, 1.165) is 35.5 Å². The van der Waals surface area contributed by atoms with E-state index in [2.05, 4.69) is 31.9 Å². The van der Waals surface area contributed by atoms with Crippen molar-refractivity contribution in [1.29, 1.82) is 0 Å². The number of hydrogen-bond acceptors (Lipinski definition) is 4. The second-order valence-corrected chi connectivity index (χ2v) is 8.04. The molecule has 0 spiro atoms. The summed E-state index contributed by atoms with van der Waals surface area (Å²) in [7, 11) is 0. The molecule has 0 aliphatic carbocycles. The van der Waals surface area contributed by atoms with Gasteiger partial charge in [0, 0.05) is 61.9 Å². The van der Waals surface area contributed by atoms with Gasteiger partial charge in [0.25, 0.3) is 0 Å². The molecule has 2 aliphatic heterocycles. The van der Waals surface area contributed by atoms with Gasteiger partial charge < -0.3 is 14.7 Å². The van der Waals surface area contributed by atoms with Crippen molar-refractivity contribution in [2.75, 3.05) is 42.5 Å². The first-order valence-electron chi connectivity index (χ1n) is 9.64. The number of pyridine rings is 1. The summed E-state index contributed by atoms with van der Waals surface area (Å²) in [5.41, 5.74) is 2.16. The molecule has 2 amide bonds. The van der Waals surface area contributed by atoms with Crippen LogP contribution in [0.3, 0.4) is 0 Å². The van der Waals surface area contributed by atoms with E-state index >= 15 is 0 Å². The number of fused-ring (bicyclic) bond motifs is 1. The predicted octanol–water partition coefficient (Wildman–Crippen LogP) is 2.86. The molecule has 6 nitrogen and oxygen atoms in total. The molecule has 2 aromatic rings. The Morgan fingerprint density at radius 1 is 0.964 bits per heavy atom. The minimum absolute atomic E-state index is 0.0253. The van der Waals surface area contributed by atoms with Gasteiger partial charge in [-0.25, -0.2) is 4.98 Å². The molecule has 0 unspecified atom stereocenters. The molecule has 146 valence electrons. The lowest BCUT2D eigenvalue weighted by molar-refractivity contribution is -0.133. The third-order valence-electron chi connectivity index (χ3n) is 5.40. The maximum atomic E-state index is 12.7. The molecule has 1 saturated heterocycles. The molecule has 0 bridgehead atoms. The zero-order valence-electron chi connectivity index (χ0n) is 15.7. The Hall–Kier alpha value is -2.41. The number of nitrogens with zero attached hydrogens (tertiary/aromatic N) is 4. The lowest BCUT2D eigenvalue weighted by Crippen LogP contribution is -2.49. The molecular formula is C21H23BrN4O2. The molecular weight excluding hydrogens is 420 g/mol. The first-order chi connectivity index (χ1) is 13.6. The summed E-state index contributed by atoms with van der Waals surface area (Å²) >= 11 is 3.47. The third kappa shape index (κ3) is 4.04. The SMILES string of the molecule is O=C(CCC(=O)N1CCc2ccc(Br)cc21)N1CCN(c2ccccn2)CC1. The van der Waals surface area contributed by atoms with Crippen LogP contribution in [0.1, 0.15) is 18.4 Å². The highest BCUT2D eigenvalue weighted by Crippen LogP contribution is 2.31. The molecule has 0 saturated carbocycles. The molecule has 1 fully saturated rings. The number of hydrogen-bond donors (Lipinski definition) is 0. The Kier molecular flexibility index (Phi) is 5.62. The van der Waals surface area contributed by atoms with E-state index in [1.165, 1.54) is 5.56 Å². The number of rotatable bonds is 4. The maximum absolute atomic E-state index is 12.7. The predicted molar refractivity (Wildman–Crippen MR) is 112 cm³/mol. The van der Waals surface area contributed by atoms with Crippen molar-refractivity contribution in [2.24, 2.45) is 0 Å². The van der Waals surface area contributed by atoms with Gasteiger partial charge in [-0.1, -0.05) is 28.1 Å². The average Bonchev–Trinajstić information content (AvgIpc) is 3.15. The van der Waals surface area contributed by atoms with E-state index in [4.69, 9.17) is 0 Å². The largest absolute Gasteiger partial charge is 0.353 e. The molecule has 1 aromatic heterocycles. The number of halogens is 1. The minimum atomic E-state index is 0.0253. The molecule has 4 rings (SSSR count). The van der Waals surface area contributed by atoms with Crippen molar-refractivity contribution >= 4 is 39.2 Å². The molecule has 7 heteroatoms. The molecule has 0 N–H and O–H groups in total. The normalized spacial score (nSPS) is 16.2. The van der Waals surface area contributed by atoms with E-state index in [9.17, 15) is 9.59 Å². The van der Waals surface area contributed by atoms with Crippen molar-refractivity contribution in [3.05, 3.63) is 52.6 Å². The van der Waals surface area contributed by atoms with E-state index in [0.29, 0.717) is 19.6 Å². The zero-order valence-corrected chi connectivity index (χ0v) is 17.3. The molecule has 28 heavy (non-hydrogen) atoms. The fraction of sp³-hybridized carbons (Fsp3) is 0.381. The Morgan fingerprint density at radius 2 is 1.75 bits per heavy atom. The standard InChI is InChI=1S/C21H23BrN4O2/c22-17-5-4-16-8-10-26(18(16)15-17)21(28)7-6-20(27)25-13-11-24(12-14-25)19-3-1-2-9-23-19/h1-5,9,15H,6-8,10-14H2. The summed E-state index contributed by atoms with van der Waals surface area (Å²) < 4.78 is 0.966. The Labute approximate surface area is 173 Å². The van der Waals surface area contributed by atoms with Crippen LogP contribution in [0.25, 0.3) is 0 Å². The highest BCUT2D eigenvalue weighted by Gasteiger charge is 2.27. The van der Waals surface area contributed by atoms with Crippen LogP contribution in [0.15, 0.2) is 47.1 Å². The van der Waals surface area contributed by atoms with Gasteiger partial charge in [-0.3, -0.25) is 9.59 Å². The topological polar surface area (TPSA) is 56.8 Å². The number of aromatic nitrogens is 1. The van der Waals surface area contributed by atoms with Crippen molar-refractivity contribution in [2.45, 2.75) is 19.3 Å². The van der Waals surface area contributed by atoms with Crippen LogP contribution in [0.4, 0.5) is 11.5 Å². The number of amides is 2. The van der Waals surface area contributed by atoms with Gasteiger partial charge in [-0.15, -0.1) is 0 Å². The number of carbonyl (C=O) groups is 2. The highest BCUT2D eigenvalue weighted by molar-refractivity contribution is 9.10. The fourth-order valence-electron chi connectivity index (χ4n) is 3.84. The monoisotopic (exact) mass is 442 g/mol. The number of piperazine rings is 1. The van der Waals surface area contributed by atoms with Crippen LogP contribution >= 0.6 is 15.9 Å². The second kappa shape index (κ2) is 8.31. The van der Waals surface area contributed by atoms with Crippen LogP contribution in [0, 0.1) is 0 Å². The van der Waals surface area contributed by atoms with Crippen molar-refractivity contribution < 1.29 is 9.59 Å². The number of anilines is 2. The summed E-state index contributed by atoms with van der Waals surface area (Å²) in [4.78, 5) is 35.5. The van der Waals surface area contributed by atoms with Crippen LogP contribution in [-0.4, -0.2) is 54.4 Å². The molecule has 3 heterocycles. The average molecular weight is 443 g/mol. The summed E-state index contributed by atoms with van der Waals surface area (Å²) in [6, 6.07) is 11.9. The van der Waals surface area contributed by atoms with Gasteiger partial charge in [0.1, 0.15) is 5.82 Å². The lowest BCUT2D eigenvalue weighted by Gasteiger charge is -2.35. The van der Waals surface area contributed by atoms with Gasteiger partial charge in [0.15, 0.2) is 0 Å². The number of benzene rings is 1. The molecule has 2 aliphatic rings. The van der Waals surface area contributed by atoms with Crippen molar-refractivity contribution in [3.63, 3.8) is 0 Å². The van der Waals surface area contributed by atoms with Gasteiger partial charge in [-0.2, -0.15) is 0 Å².